The number of nitrogens with one attached hydrogen (secondary N) is 1. The summed E-state index contributed by atoms with van der Waals surface area (Å²) in [5.74, 6) is -0.694. The summed E-state index contributed by atoms with van der Waals surface area (Å²) in [4.78, 5) is 41.3. The summed E-state index contributed by atoms with van der Waals surface area (Å²) in [5, 5.41) is 2.85. The van der Waals surface area contributed by atoms with Crippen molar-refractivity contribution in [2.45, 2.75) is 18.4 Å². The number of carbonyl (C=O) groups excluding carboxylic acids is 3. The van der Waals surface area contributed by atoms with Gasteiger partial charge < -0.3 is 10.2 Å². The van der Waals surface area contributed by atoms with Crippen LogP contribution in [0, 0.1) is 0 Å². The molecule has 142 valence electrons. The molecule has 6 nitrogen and oxygen atoms in total. The van der Waals surface area contributed by atoms with Crippen LogP contribution in [-0.4, -0.2) is 35.8 Å². The number of imide groups is 1. The minimum Gasteiger partial charge on any atom is -0.319 e. The SMILES string of the molecule is C=CCN(C(=O)CN1C(=O)NC2(CCc3ccccc32)C1=O)c1ccccc1. The van der Waals surface area contributed by atoms with Gasteiger partial charge in [0.05, 0.1) is 0 Å². The molecule has 0 saturated carbocycles. The summed E-state index contributed by atoms with van der Waals surface area (Å²) in [5.41, 5.74) is 1.53. The zero-order valence-corrected chi connectivity index (χ0v) is 15.4. The number of carbonyl (C=O) groups is 3. The van der Waals surface area contributed by atoms with Gasteiger partial charge in [-0.05, 0) is 36.1 Å². The summed E-state index contributed by atoms with van der Waals surface area (Å²) < 4.78 is 0. The summed E-state index contributed by atoms with van der Waals surface area (Å²) in [6, 6.07) is 16.2. The van der Waals surface area contributed by atoms with E-state index in [1.807, 2.05) is 54.6 Å². The molecule has 1 unspecified atom stereocenters. The number of benzene rings is 2. The lowest BCUT2D eigenvalue weighted by atomic mass is 9.92. The molecule has 2 aliphatic rings. The van der Waals surface area contributed by atoms with Crippen LogP contribution in [0.2, 0.25) is 0 Å². The maximum atomic E-state index is 13.2. The molecular formula is C22H21N3O3. The van der Waals surface area contributed by atoms with Crippen molar-refractivity contribution in [3.05, 3.63) is 78.4 Å². The molecule has 1 aliphatic carbocycles. The largest absolute Gasteiger partial charge is 0.325 e. The van der Waals surface area contributed by atoms with Crippen molar-refractivity contribution in [1.82, 2.24) is 10.2 Å². The van der Waals surface area contributed by atoms with Gasteiger partial charge in [-0.2, -0.15) is 0 Å². The molecule has 2 aromatic carbocycles. The van der Waals surface area contributed by atoms with E-state index < -0.39 is 11.6 Å². The van der Waals surface area contributed by atoms with Crippen LogP contribution in [0.25, 0.3) is 0 Å². The Bertz CT molecular complexity index is 957. The van der Waals surface area contributed by atoms with E-state index in [1.165, 1.54) is 4.90 Å². The monoisotopic (exact) mass is 375 g/mol. The summed E-state index contributed by atoms with van der Waals surface area (Å²) in [6.45, 7) is 3.68. The standard InChI is InChI=1S/C22H21N3O3/c1-2-14-24(17-9-4-3-5-10-17)19(26)15-25-20(27)22(23-21(25)28)13-12-16-8-6-7-11-18(16)22/h2-11H,1,12-15H2,(H,23,28). The smallest absolute Gasteiger partial charge is 0.319 e. The number of nitrogens with zero attached hydrogens (tertiary/aromatic N) is 2. The van der Waals surface area contributed by atoms with Crippen molar-refractivity contribution in [1.29, 1.82) is 0 Å². The highest BCUT2D eigenvalue weighted by Gasteiger charge is 2.55. The number of fused-ring (bicyclic) bond motifs is 2. The molecule has 4 amide bonds. The van der Waals surface area contributed by atoms with Gasteiger partial charge in [-0.25, -0.2) is 4.79 Å². The lowest BCUT2D eigenvalue weighted by molar-refractivity contribution is -0.134. The van der Waals surface area contributed by atoms with Gasteiger partial charge in [0.25, 0.3) is 5.91 Å². The van der Waals surface area contributed by atoms with E-state index in [0.29, 0.717) is 18.7 Å². The molecule has 1 aliphatic heterocycles. The highest BCUT2D eigenvalue weighted by molar-refractivity contribution is 6.11. The van der Waals surface area contributed by atoms with E-state index in [-0.39, 0.29) is 18.4 Å². The highest BCUT2D eigenvalue weighted by atomic mass is 16.2. The Balaban J connectivity index is 1.59. The number of hydrogen-bond donors (Lipinski definition) is 1. The van der Waals surface area contributed by atoms with E-state index in [4.69, 9.17) is 0 Å². The molecule has 1 N–H and O–H groups in total. The Hall–Kier alpha value is -3.41. The lowest BCUT2D eigenvalue weighted by Crippen LogP contribution is -2.45. The van der Waals surface area contributed by atoms with E-state index >= 15 is 0 Å². The molecule has 4 rings (SSSR count). The quantitative estimate of drug-likeness (QED) is 0.645. The Morgan fingerprint density at radius 1 is 1.14 bits per heavy atom. The molecule has 28 heavy (non-hydrogen) atoms. The van der Waals surface area contributed by atoms with Crippen molar-refractivity contribution >= 4 is 23.5 Å². The number of hydrogen-bond acceptors (Lipinski definition) is 3. The molecule has 0 bridgehead atoms. The van der Waals surface area contributed by atoms with E-state index in [2.05, 4.69) is 11.9 Å². The predicted molar refractivity (Wildman–Crippen MR) is 106 cm³/mol. The van der Waals surface area contributed by atoms with Gasteiger partial charge in [-0.1, -0.05) is 48.5 Å². The second-order valence-corrected chi connectivity index (χ2v) is 7.01. The van der Waals surface area contributed by atoms with Gasteiger partial charge in [0.2, 0.25) is 5.91 Å². The molecule has 6 heteroatoms. The number of aryl methyl sites for hydroxylation is 1. The van der Waals surface area contributed by atoms with Crippen LogP contribution in [0.5, 0.6) is 0 Å². The van der Waals surface area contributed by atoms with Crippen LogP contribution < -0.4 is 10.2 Å². The summed E-state index contributed by atoms with van der Waals surface area (Å²) >= 11 is 0. The highest BCUT2D eigenvalue weighted by Crippen LogP contribution is 2.41. The summed E-state index contributed by atoms with van der Waals surface area (Å²) in [7, 11) is 0. The van der Waals surface area contributed by atoms with Gasteiger partial charge in [-0.15, -0.1) is 6.58 Å². The van der Waals surface area contributed by atoms with Crippen LogP contribution in [0.4, 0.5) is 10.5 Å². The third-order valence-corrected chi connectivity index (χ3v) is 5.40. The Kier molecular flexibility index (Phi) is 4.47. The zero-order valence-electron chi connectivity index (χ0n) is 15.4. The number of amides is 4. The Morgan fingerprint density at radius 3 is 2.61 bits per heavy atom. The molecule has 1 spiro atoms. The second-order valence-electron chi connectivity index (χ2n) is 7.01. The molecule has 0 aromatic heterocycles. The first-order valence-corrected chi connectivity index (χ1v) is 9.25. The van der Waals surface area contributed by atoms with Crippen LogP contribution in [0.15, 0.2) is 67.3 Å². The topological polar surface area (TPSA) is 69.7 Å². The van der Waals surface area contributed by atoms with Gasteiger partial charge in [0, 0.05) is 12.2 Å². The molecule has 2 aromatic rings. The normalized spacial score (nSPS) is 20.2. The van der Waals surface area contributed by atoms with E-state index in [9.17, 15) is 14.4 Å². The summed E-state index contributed by atoms with van der Waals surface area (Å²) in [6.07, 6.45) is 2.85. The van der Waals surface area contributed by atoms with E-state index in [1.54, 1.807) is 6.08 Å². The molecule has 1 fully saturated rings. The van der Waals surface area contributed by atoms with Gasteiger partial charge in [0.15, 0.2) is 0 Å². The fraction of sp³-hybridized carbons (Fsp3) is 0.227. The first-order valence-electron chi connectivity index (χ1n) is 9.25. The van der Waals surface area contributed by atoms with Crippen molar-refractivity contribution in [2.24, 2.45) is 0 Å². The molecule has 0 radical (unpaired) electrons. The fourth-order valence-electron chi connectivity index (χ4n) is 4.04. The van der Waals surface area contributed by atoms with Crippen LogP contribution in [0.1, 0.15) is 17.5 Å². The maximum absolute atomic E-state index is 13.2. The molecule has 1 saturated heterocycles. The minimum atomic E-state index is -1.05. The second kappa shape index (κ2) is 6.96. The van der Waals surface area contributed by atoms with Gasteiger partial charge in [-0.3, -0.25) is 14.5 Å². The average Bonchev–Trinajstić information content (AvgIpc) is 3.20. The predicted octanol–water partition coefficient (Wildman–Crippen LogP) is 2.60. The number of urea groups is 1. The number of para-hydroxylation sites is 1. The Labute approximate surface area is 163 Å². The van der Waals surface area contributed by atoms with Crippen molar-refractivity contribution in [3.63, 3.8) is 0 Å². The number of anilines is 1. The average molecular weight is 375 g/mol. The van der Waals surface area contributed by atoms with E-state index in [0.717, 1.165) is 22.4 Å². The third-order valence-electron chi connectivity index (χ3n) is 5.40. The molecular weight excluding hydrogens is 354 g/mol. The van der Waals surface area contributed by atoms with Crippen molar-refractivity contribution in [3.8, 4) is 0 Å². The zero-order chi connectivity index (χ0) is 19.7. The van der Waals surface area contributed by atoms with Crippen molar-refractivity contribution in [2.75, 3.05) is 18.0 Å². The van der Waals surface area contributed by atoms with Crippen LogP contribution in [0.3, 0.4) is 0 Å². The van der Waals surface area contributed by atoms with Crippen LogP contribution >= 0.6 is 0 Å². The maximum Gasteiger partial charge on any atom is 0.325 e. The van der Waals surface area contributed by atoms with Gasteiger partial charge >= 0.3 is 6.03 Å². The molecule has 1 atom stereocenters. The minimum absolute atomic E-state index is 0.292. The lowest BCUT2D eigenvalue weighted by Gasteiger charge is -2.25. The Morgan fingerprint density at radius 2 is 1.86 bits per heavy atom. The third kappa shape index (κ3) is 2.78. The van der Waals surface area contributed by atoms with Crippen LogP contribution in [-0.2, 0) is 21.5 Å². The molecule has 1 heterocycles. The van der Waals surface area contributed by atoms with Gasteiger partial charge in [0.1, 0.15) is 12.1 Å². The first kappa shape index (κ1) is 18.0. The number of rotatable bonds is 5. The first-order chi connectivity index (χ1) is 13.6. The fourth-order valence-corrected chi connectivity index (χ4v) is 4.04. The van der Waals surface area contributed by atoms with Crippen molar-refractivity contribution < 1.29 is 14.4 Å².